The van der Waals surface area contributed by atoms with Crippen LogP contribution in [0.15, 0.2) is 42.5 Å². The van der Waals surface area contributed by atoms with E-state index in [4.69, 9.17) is 0 Å². The molecule has 26 heavy (non-hydrogen) atoms. The fourth-order valence-corrected chi connectivity index (χ4v) is 2.73. The van der Waals surface area contributed by atoms with Crippen molar-refractivity contribution in [3.63, 3.8) is 0 Å². The lowest BCUT2D eigenvalue weighted by Crippen LogP contribution is -2.33. The molecule has 0 aromatic heterocycles. The molecule has 0 unspecified atom stereocenters. The summed E-state index contributed by atoms with van der Waals surface area (Å²) in [6.07, 6.45) is 0. The molecule has 2 aromatic carbocycles. The number of rotatable bonds is 4. The van der Waals surface area contributed by atoms with Crippen LogP contribution in [0, 0.1) is 11.7 Å². The number of carbonyl (C=O) groups excluding carboxylic acids is 3. The smallest absolute Gasteiger partial charge is 0.308 e. The zero-order valence-electron chi connectivity index (χ0n) is 14.4. The van der Waals surface area contributed by atoms with Crippen LogP contribution in [0.25, 0.3) is 0 Å². The third kappa shape index (κ3) is 3.56. The van der Waals surface area contributed by atoms with Gasteiger partial charge in [0.15, 0.2) is 0 Å². The fraction of sp³-hybridized carbons (Fsp3) is 0.211. The molecule has 1 aliphatic rings. The van der Waals surface area contributed by atoms with Crippen molar-refractivity contribution in [1.82, 2.24) is 4.90 Å². The van der Waals surface area contributed by atoms with Gasteiger partial charge in [-0.05, 0) is 48.4 Å². The van der Waals surface area contributed by atoms with Crippen LogP contribution >= 0.6 is 0 Å². The fourth-order valence-electron chi connectivity index (χ4n) is 2.73. The monoisotopic (exact) mass is 355 g/mol. The largest absolute Gasteiger partial charge is 0.323 e. The summed E-state index contributed by atoms with van der Waals surface area (Å²) in [6.45, 7) is 4.20. The van der Waals surface area contributed by atoms with Gasteiger partial charge in [0.2, 0.25) is 0 Å². The molecule has 1 aliphatic heterocycles. The molecule has 0 fully saturated rings. The highest BCUT2D eigenvalue weighted by molar-refractivity contribution is 6.22. The van der Waals surface area contributed by atoms with Crippen molar-refractivity contribution in [1.29, 1.82) is 0 Å². The highest BCUT2D eigenvalue weighted by atomic mass is 19.1. The van der Waals surface area contributed by atoms with Crippen molar-refractivity contribution in [2.24, 2.45) is 5.92 Å². The van der Waals surface area contributed by atoms with E-state index in [0.29, 0.717) is 23.5 Å². The Labute approximate surface area is 150 Å². The molecule has 7 heteroatoms. The van der Waals surface area contributed by atoms with Gasteiger partial charge in [0.1, 0.15) is 5.82 Å². The number of nitrogens with one attached hydrogen (secondary N) is 2. The number of benzene rings is 2. The van der Waals surface area contributed by atoms with E-state index in [1.54, 1.807) is 6.07 Å². The SMILES string of the molecule is CC(C)CN1C(=O)c2ccc(NC(=O)Nc3ccc(F)cc3)cc2C1=O. The quantitative estimate of drug-likeness (QED) is 0.821. The maximum Gasteiger partial charge on any atom is 0.323 e. The van der Waals surface area contributed by atoms with Crippen LogP contribution in [0.1, 0.15) is 34.6 Å². The van der Waals surface area contributed by atoms with E-state index in [1.807, 2.05) is 13.8 Å². The summed E-state index contributed by atoms with van der Waals surface area (Å²) >= 11 is 0. The van der Waals surface area contributed by atoms with Crippen molar-refractivity contribution < 1.29 is 18.8 Å². The molecule has 0 atom stereocenters. The lowest BCUT2D eigenvalue weighted by Gasteiger charge is -2.15. The van der Waals surface area contributed by atoms with Gasteiger partial charge in [0.25, 0.3) is 11.8 Å². The maximum atomic E-state index is 12.9. The number of hydrogen-bond donors (Lipinski definition) is 2. The Morgan fingerprint density at radius 2 is 1.54 bits per heavy atom. The first-order valence-corrected chi connectivity index (χ1v) is 8.19. The van der Waals surface area contributed by atoms with Crippen molar-refractivity contribution >= 4 is 29.2 Å². The van der Waals surface area contributed by atoms with Gasteiger partial charge in [-0.2, -0.15) is 0 Å². The predicted molar refractivity (Wildman–Crippen MR) is 95.7 cm³/mol. The van der Waals surface area contributed by atoms with Crippen LogP contribution in [0.5, 0.6) is 0 Å². The van der Waals surface area contributed by atoms with Gasteiger partial charge >= 0.3 is 6.03 Å². The van der Waals surface area contributed by atoms with Gasteiger partial charge in [-0.3, -0.25) is 14.5 Å². The molecule has 0 radical (unpaired) electrons. The zero-order chi connectivity index (χ0) is 18.8. The van der Waals surface area contributed by atoms with Crippen LogP contribution in [0.2, 0.25) is 0 Å². The Kier molecular flexibility index (Phi) is 4.71. The van der Waals surface area contributed by atoms with Gasteiger partial charge in [0, 0.05) is 17.9 Å². The number of amides is 4. The third-order valence-corrected chi connectivity index (χ3v) is 3.88. The van der Waals surface area contributed by atoms with E-state index in [0.717, 1.165) is 0 Å². The summed E-state index contributed by atoms with van der Waals surface area (Å²) in [6, 6.07) is 9.38. The normalized spacial score (nSPS) is 13.2. The van der Waals surface area contributed by atoms with Crippen LogP contribution in [-0.2, 0) is 0 Å². The Balaban J connectivity index is 1.73. The summed E-state index contributed by atoms with van der Waals surface area (Å²) in [7, 11) is 0. The summed E-state index contributed by atoms with van der Waals surface area (Å²) in [4.78, 5) is 38.0. The van der Waals surface area contributed by atoms with E-state index in [2.05, 4.69) is 10.6 Å². The Bertz CT molecular complexity index is 878. The summed E-state index contributed by atoms with van der Waals surface area (Å²) in [5.41, 5.74) is 1.42. The van der Waals surface area contributed by atoms with Crippen LogP contribution in [0.3, 0.4) is 0 Å². The van der Waals surface area contributed by atoms with Crippen molar-refractivity contribution in [3.05, 3.63) is 59.4 Å². The number of hydrogen-bond acceptors (Lipinski definition) is 3. The second-order valence-electron chi connectivity index (χ2n) is 6.46. The topological polar surface area (TPSA) is 78.5 Å². The molecule has 2 N–H and O–H groups in total. The first-order chi connectivity index (χ1) is 12.3. The molecule has 4 amide bonds. The van der Waals surface area contributed by atoms with Crippen molar-refractivity contribution in [2.45, 2.75) is 13.8 Å². The molecule has 0 aliphatic carbocycles. The van der Waals surface area contributed by atoms with Gasteiger partial charge in [-0.1, -0.05) is 13.8 Å². The van der Waals surface area contributed by atoms with Gasteiger partial charge in [-0.15, -0.1) is 0 Å². The Morgan fingerprint density at radius 1 is 0.962 bits per heavy atom. The zero-order valence-corrected chi connectivity index (χ0v) is 14.4. The van der Waals surface area contributed by atoms with E-state index in [-0.39, 0.29) is 23.3 Å². The minimum absolute atomic E-state index is 0.163. The van der Waals surface area contributed by atoms with Gasteiger partial charge in [0.05, 0.1) is 11.1 Å². The minimum atomic E-state index is -0.535. The maximum absolute atomic E-state index is 12.9. The molecule has 0 spiro atoms. The van der Waals surface area contributed by atoms with Crippen molar-refractivity contribution in [2.75, 3.05) is 17.2 Å². The van der Waals surface area contributed by atoms with Gasteiger partial charge < -0.3 is 10.6 Å². The Morgan fingerprint density at radius 3 is 2.19 bits per heavy atom. The van der Waals surface area contributed by atoms with Gasteiger partial charge in [-0.25, -0.2) is 9.18 Å². The molecule has 134 valence electrons. The van der Waals surface area contributed by atoms with Crippen LogP contribution in [-0.4, -0.2) is 29.3 Å². The number of fused-ring (bicyclic) bond motifs is 1. The average molecular weight is 355 g/mol. The molecule has 3 rings (SSSR count). The highest BCUT2D eigenvalue weighted by Gasteiger charge is 2.35. The number of nitrogens with zero attached hydrogens (tertiary/aromatic N) is 1. The molecule has 0 bridgehead atoms. The van der Waals surface area contributed by atoms with Crippen molar-refractivity contribution in [3.8, 4) is 0 Å². The van der Waals surface area contributed by atoms with Crippen LogP contribution in [0.4, 0.5) is 20.6 Å². The molecule has 0 saturated carbocycles. The first kappa shape index (κ1) is 17.6. The predicted octanol–water partition coefficient (Wildman–Crippen LogP) is 3.72. The second-order valence-corrected chi connectivity index (χ2v) is 6.46. The molecular weight excluding hydrogens is 337 g/mol. The molecule has 0 saturated heterocycles. The summed E-state index contributed by atoms with van der Waals surface area (Å²) in [5.74, 6) is -0.915. The van der Waals surface area contributed by atoms with E-state index < -0.39 is 11.8 Å². The van der Waals surface area contributed by atoms with E-state index in [9.17, 15) is 18.8 Å². The molecular formula is C19H18FN3O3. The minimum Gasteiger partial charge on any atom is -0.308 e. The molecule has 1 heterocycles. The molecule has 2 aromatic rings. The number of imide groups is 1. The lowest BCUT2D eigenvalue weighted by molar-refractivity contribution is 0.0636. The number of carbonyl (C=O) groups is 3. The number of halogens is 1. The standard InChI is InChI=1S/C19H18FN3O3/c1-11(2)10-23-17(24)15-8-7-14(9-16(15)18(23)25)22-19(26)21-13-5-3-12(20)4-6-13/h3-9,11H,10H2,1-2H3,(H2,21,22,26). The number of anilines is 2. The molecule has 6 nitrogen and oxygen atoms in total. The van der Waals surface area contributed by atoms with Crippen LogP contribution < -0.4 is 10.6 Å². The number of urea groups is 1. The Hall–Kier alpha value is -3.22. The van der Waals surface area contributed by atoms with E-state index >= 15 is 0 Å². The lowest BCUT2D eigenvalue weighted by atomic mass is 10.1. The highest BCUT2D eigenvalue weighted by Crippen LogP contribution is 2.26. The average Bonchev–Trinajstić information content (AvgIpc) is 2.81. The first-order valence-electron chi connectivity index (χ1n) is 8.19. The second kappa shape index (κ2) is 6.95. The summed E-state index contributed by atoms with van der Waals surface area (Å²) in [5, 5.41) is 5.16. The van der Waals surface area contributed by atoms with E-state index in [1.165, 1.54) is 41.3 Å². The third-order valence-electron chi connectivity index (χ3n) is 3.88. The summed E-state index contributed by atoms with van der Waals surface area (Å²) < 4.78 is 12.9.